The maximum Gasteiger partial charge on any atom is 0.278 e. The number of rotatable bonds is 11. The first-order chi connectivity index (χ1) is 24.9. The van der Waals surface area contributed by atoms with E-state index in [1.165, 1.54) is 11.1 Å². The summed E-state index contributed by atoms with van der Waals surface area (Å²) in [6.07, 6.45) is 7.22. The molecule has 0 saturated heterocycles. The van der Waals surface area contributed by atoms with Gasteiger partial charge in [-0.3, -0.25) is 19.4 Å². The van der Waals surface area contributed by atoms with Crippen molar-refractivity contribution < 1.29 is 9.59 Å². The molecule has 4 aromatic rings. The average Bonchev–Trinajstić information content (AvgIpc) is 3.60. The smallest absolute Gasteiger partial charge is 0.278 e. The van der Waals surface area contributed by atoms with Crippen molar-refractivity contribution in [3.63, 3.8) is 0 Å². The van der Waals surface area contributed by atoms with Crippen molar-refractivity contribution in [1.29, 1.82) is 0 Å². The van der Waals surface area contributed by atoms with Gasteiger partial charge in [-0.25, -0.2) is 9.98 Å². The monoisotopic (exact) mass is 690 g/mol. The number of carbonyl (C=O) groups is 2. The number of nitrogens with zero attached hydrogens (tertiary/aromatic N) is 4. The van der Waals surface area contributed by atoms with Crippen LogP contribution in [-0.4, -0.2) is 46.4 Å². The van der Waals surface area contributed by atoms with E-state index >= 15 is 0 Å². The molecule has 2 amide bonds. The molecule has 0 bridgehead atoms. The zero-order valence-electron chi connectivity index (χ0n) is 31.4. The van der Waals surface area contributed by atoms with Crippen LogP contribution in [-0.2, 0) is 20.4 Å². The normalized spacial score (nSPS) is 16.7. The maximum atomic E-state index is 13.7. The van der Waals surface area contributed by atoms with Gasteiger partial charge in [0.15, 0.2) is 0 Å². The lowest BCUT2D eigenvalue weighted by atomic mass is 9.86. The highest BCUT2D eigenvalue weighted by atomic mass is 16.2. The molecule has 266 valence electrons. The van der Waals surface area contributed by atoms with Gasteiger partial charge in [0.05, 0.1) is 0 Å². The Morgan fingerprint density at radius 2 is 0.827 bits per heavy atom. The summed E-state index contributed by atoms with van der Waals surface area (Å²) in [7, 11) is 0. The largest absolute Gasteiger partial charge is 0.291 e. The Morgan fingerprint density at radius 3 is 1.15 bits per heavy atom. The van der Waals surface area contributed by atoms with Crippen LogP contribution in [0.4, 0.5) is 0 Å². The van der Waals surface area contributed by atoms with Crippen LogP contribution in [0.25, 0.3) is 12.2 Å². The van der Waals surface area contributed by atoms with Crippen molar-refractivity contribution in [3.8, 4) is 0 Å². The third-order valence-corrected chi connectivity index (χ3v) is 9.63. The number of aliphatic imine (C=N–C) groups is 2. The van der Waals surface area contributed by atoms with Gasteiger partial charge >= 0.3 is 0 Å². The third-order valence-electron chi connectivity index (χ3n) is 9.63. The lowest BCUT2D eigenvalue weighted by molar-refractivity contribution is -0.123. The molecule has 0 unspecified atom stereocenters. The molecule has 4 aromatic carbocycles. The van der Waals surface area contributed by atoms with Crippen molar-refractivity contribution in [2.45, 2.75) is 78.1 Å². The number of hydrogen-bond acceptors (Lipinski definition) is 4. The zero-order chi connectivity index (χ0) is 36.9. The molecular weight excluding hydrogens is 641 g/mol. The molecule has 0 aliphatic carbocycles. The Bertz CT molecular complexity index is 1860. The minimum absolute atomic E-state index is 0.0346. The second-order valence-corrected chi connectivity index (χ2v) is 15.7. The SMILES string of the molecule is CC(C)(C)c1ccc(C2=NC(=Cc3ccccc3)C(=O)N2CCCCCCN2C(=O)C(=Cc3ccccc3)N=C2c2ccc(C(C)(C)C)cc2)cc1. The van der Waals surface area contributed by atoms with Crippen LogP contribution < -0.4 is 0 Å². The van der Waals surface area contributed by atoms with Gasteiger partial charge in [0.1, 0.15) is 23.1 Å². The van der Waals surface area contributed by atoms with Crippen LogP contribution in [0, 0.1) is 0 Å². The number of hydrogen-bond donors (Lipinski definition) is 0. The van der Waals surface area contributed by atoms with E-state index in [0.717, 1.165) is 47.9 Å². The van der Waals surface area contributed by atoms with Gasteiger partial charge < -0.3 is 0 Å². The fourth-order valence-electron chi connectivity index (χ4n) is 6.50. The molecule has 6 heteroatoms. The molecule has 0 radical (unpaired) electrons. The van der Waals surface area contributed by atoms with E-state index in [4.69, 9.17) is 9.98 Å². The van der Waals surface area contributed by atoms with E-state index in [1.807, 2.05) is 82.6 Å². The quantitative estimate of drug-likeness (QED) is 0.116. The van der Waals surface area contributed by atoms with Crippen molar-refractivity contribution >= 4 is 35.6 Å². The Hall–Kier alpha value is -5.36. The molecule has 2 aliphatic rings. The van der Waals surface area contributed by atoms with Crippen molar-refractivity contribution in [2.75, 3.05) is 13.1 Å². The zero-order valence-corrected chi connectivity index (χ0v) is 31.4. The predicted molar refractivity (Wildman–Crippen MR) is 214 cm³/mol. The predicted octanol–water partition coefficient (Wildman–Crippen LogP) is 9.80. The fourth-order valence-corrected chi connectivity index (χ4v) is 6.50. The van der Waals surface area contributed by atoms with Crippen LogP contribution >= 0.6 is 0 Å². The highest BCUT2D eigenvalue weighted by Crippen LogP contribution is 2.28. The summed E-state index contributed by atoms with van der Waals surface area (Å²) in [6.45, 7) is 14.3. The first kappa shape index (κ1) is 36.4. The van der Waals surface area contributed by atoms with Crippen LogP contribution in [0.1, 0.15) is 101 Å². The van der Waals surface area contributed by atoms with Gasteiger partial charge in [0.25, 0.3) is 11.8 Å². The summed E-state index contributed by atoms with van der Waals surface area (Å²) < 4.78 is 0. The van der Waals surface area contributed by atoms with Gasteiger partial charge in [-0.2, -0.15) is 0 Å². The summed E-state index contributed by atoms with van der Waals surface area (Å²) in [5, 5.41) is 0. The summed E-state index contributed by atoms with van der Waals surface area (Å²) in [5.74, 6) is 1.26. The van der Waals surface area contributed by atoms with E-state index < -0.39 is 0 Å². The van der Waals surface area contributed by atoms with E-state index in [1.54, 1.807) is 0 Å². The standard InChI is InChI=1S/C46H50N4O2/c1-45(2,3)37-25-21-35(22-26-37)41-47-39(31-33-17-11-9-12-18-33)43(51)49(41)29-15-7-8-16-30-50-42(36-23-27-38(28-24-36)46(4,5)6)48-40(44(50)52)32-34-19-13-10-14-20-34/h9-14,17-28,31-32H,7-8,15-16,29-30H2,1-6H3. The number of amides is 2. The Morgan fingerprint density at radius 1 is 0.481 bits per heavy atom. The van der Waals surface area contributed by atoms with E-state index in [2.05, 4.69) is 90.1 Å². The third kappa shape index (κ3) is 8.56. The Balaban J connectivity index is 1.12. The molecule has 6 nitrogen and oxygen atoms in total. The minimum Gasteiger partial charge on any atom is -0.291 e. The maximum absolute atomic E-state index is 13.7. The Labute approximate surface area is 309 Å². The lowest BCUT2D eigenvalue weighted by Crippen LogP contribution is -2.34. The summed E-state index contributed by atoms with van der Waals surface area (Å²) in [5.41, 5.74) is 7.23. The first-order valence-electron chi connectivity index (χ1n) is 18.4. The molecule has 0 atom stereocenters. The topological polar surface area (TPSA) is 65.3 Å². The van der Waals surface area contributed by atoms with Gasteiger partial charge in [-0.15, -0.1) is 0 Å². The Kier molecular flexibility index (Phi) is 10.8. The van der Waals surface area contributed by atoms with Crippen molar-refractivity contribution in [3.05, 3.63) is 154 Å². The van der Waals surface area contributed by atoms with E-state index in [0.29, 0.717) is 36.2 Å². The van der Waals surface area contributed by atoms with Gasteiger partial charge in [0.2, 0.25) is 0 Å². The fraction of sp³-hybridized carbons (Fsp3) is 0.304. The molecule has 0 aromatic heterocycles. The molecule has 0 N–H and O–H groups in total. The molecular formula is C46H50N4O2. The van der Waals surface area contributed by atoms with Crippen molar-refractivity contribution in [1.82, 2.24) is 9.80 Å². The van der Waals surface area contributed by atoms with Gasteiger partial charge in [0, 0.05) is 24.2 Å². The highest BCUT2D eigenvalue weighted by Gasteiger charge is 2.32. The molecule has 6 rings (SSSR count). The number of unbranched alkanes of at least 4 members (excludes halogenated alkanes) is 3. The van der Waals surface area contributed by atoms with Crippen LogP contribution in [0.15, 0.2) is 131 Å². The van der Waals surface area contributed by atoms with Crippen molar-refractivity contribution in [2.24, 2.45) is 9.98 Å². The number of amidine groups is 2. The summed E-state index contributed by atoms with van der Waals surface area (Å²) >= 11 is 0. The first-order valence-corrected chi connectivity index (χ1v) is 18.4. The molecule has 52 heavy (non-hydrogen) atoms. The average molecular weight is 691 g/mol. The van der Waals surface area contributed by atoms with E-state index in [9.17, 15) is 9.59 Å². The molecule has 0 spiro atoms. The van der Waals surface area contributed by atoms with E-state index in [-0.39, 0.29) is 22.6 Å². The minimum atomic E-state index is -0.0718. The van der Waals surface area contributed by atoms with Gasteiger partial charge in [-0.1, -0.05) is 164 Å². The van der Waals surface area contributed by atoms with Crippen LogP contribution in [0.3, 0.4) is 0 Å². The number of carbonyl (C=O) groups excluding carboxylic acids is 2. The number of benzene rings is 4. The summed E-state index contributed by atoms with van der Waals surface area (Å²) in [4.78, 5) is 40.9. The van der Waals surface area contributed by atoms with Gasteiger partial charge in [-0.05, 0) is 58.1 Å². The molecule has 2 aliphatic heterocycles. The second kappa shape index (κ2) is 15.5. The highest BCUT2D eigenvalue weighted by molar-refractivity contribution is 6.20. The van der Waals surface area contributed by atoms with Crippen LogP contribution in [0.2, 0.25) is 0 Å². The second-order valence-electron chi connectivity index (χ2n) is 15.7. The molecule has 2 heterocycles. The van der Waals surface area contributed by atoms with Crippen LogP contribution in [0.5, 0.6) is 0 Å². The summed E-state index contributed by atoms with van der Waals surface area (Å²) in [6, 6.07) is 36.6. The lowest BCUT2D eigenvalue weighted by Gasteiger charge is -2.22. The molecule has 0 fully saturated rings. The molecule has 0 saturated carbocycles.